The second kappa shape index (κ2) is 16.7. The fourth-order valence-corrected chi connectivity index (χ4v) is 4.85. The first-order valence-electron chi connectivity index (χ1n) is 13.4. The van der Waals surface area contributed by atoms with E-state index in [1.54, 1.807) is 12.1 Å². The number of hydrogen-bond donors (Lipinski definition) is 5. The third-order valence-electron chi connectivity index (χ3n) is 6.69. The average molecular weight is 684 g/mol. The maximum Gasteiger partial charge on any atom is 0.407 e. The molecule has 16 nitrogen and oxygen atoms in total. The molecule has 45 heavy (non-hydrogen) atoms. The van der Waals surface area contributed by atoms with Crippen LogP contribution in [0, 0.1) is 22.7 Å². The normalized spacial score (nSPS) is 16.2. The summed E-state index contributed by atoms with van der Waals surface area (Å²) in [5, 5.41) is 32.8. The lowest BCUT2D eigenvalue weighted by atomic mass is 10.00. The Hall–Kier alpha value is -4.32. The molecule has 2 aromatic heterocycles. The molecular formula is C26H33Cl3N12O4. The van der Waals surface area contributed by atoms with Crippen molar-refractivity contribution in [2.24, 2.45) is 11.5 Å². The number of anilines is 4. The lowest BCUT2D eigenvalue weighted by Gasteiger charge is -2.40. The van der Waals surface area contributed by atoms with Crippen molar-refractivity contribution in [3.8, 4) is 12.1 Å². The van der Waals surface area contributed by atoms with Crippen molar-refractivity contribution in [1.29, 1.82) is 10.5 Å². The zero-order valence-electron chi connectivity index (χ0n) is 24.3. The molecule has 0 saturated carbocycles. The number of esters is 1. The van der Waals surface area contributed by atoms with Gasteiger partial charge in [0.2, 0.25) is 5.95 Å². The summed E-state index contributed by atoms with van der Waals surface area (Å²) in [5.41, 5.74) is 13.1. The van der Waals surface area contributed by atoms with E-state index in [0.717, 1.165) is 0 Å². The Bertz CT molecular complexity index is 1590. The van der Waals surface area contributed by atoms with Gasteiger partial charge in [0.25, 0.3) is 0 Å². The molecule has 0 aliphatic carbocycles. The van der Waals surface area contributed by atoms with Crippen LogP contribution in [-0.4, -0.2) is 83.1 Å². The first-order valence-corrected chi connectivity index (χ1v) is 13.8. The van der Waals surface area contributed by atoms with Gasteiger partial charge in [-0.3, -0.25) is 4.79 Å². The number of amides is 1. The summed E-state index contributed by atoms with van der Waals surface area (Å²) in [6.07, 6.45) is 0.488. The molecule has 1 fully saturated rings. The summed E-state index contributed by atoms with van der Waals surface area (Å²) in [6, 6.07) is 5.82. The summed E-state index contributed by atoms with van der Waals surface area (Å²) in [6.45, 7) is 3.14. The van der Waals surface area contributed by atoms with Gasteiger partial charge in [0.05, 0.1) is 53.9 Å². The van der Waals surface area contributed by atoms with Crippen molar-refractivity contribution in [1.82, 2.24) is 24.9 Å². The number of hydrogen-bond acceptors (Lipinski definition) is 14. The number of alkyl carbamates (subject to hydrolysis) is 1. The third-order valence-corrected chi connectivity index (χ3v) is 7.08. The Morgan fingerprint density at radius 3 is 2.67 bits per heavy atom. The molecule has 3 heterocycles. The van der Waals surface area contributed by atoms with Crippen LogP contribution >= 0.6 is 36.4 Å². The fraction of sp³-hybridized carbons (Fsp3) is 0.423. The lowest BCUT2D eigenvalue weighted by molar-refractivity contribution is -0.152. The molecular weight excluding hydrogens is 651 g/mol. The van der Waals surface area contributed by atoms with Gasteiger partial charge < -0.3 is 41.8 Å². The number of carbonyl (C=O) groups is 2. The van der Waals surface area contributed by atoms with E-state index in [9.17, 15) is 20.1 Å². The predicted octanol–water partition coefficient (Wildman–Crippen LogP) is 2.06. The number of halogens is 3. The van der Waals surface area contributed by atoms with Crippen LogP contribution < -0.4 is 32.3 Å². The molecule has 242 valence electrons. The average Bonchev–Trinajstić information content (AvgIpc) is 3.42. The highest BCUT2D eigenvalue weighted by molar-refractivity contribution is 6.36. The van der Waals surface area contributed by atoms with Crippen molar-refractivity contribution >= 4 is 77.3 Å². The van der Waals surface area contributed by atoms with Crippen LogP contribution in [0.1, 0.15) is 31.0 Å². The van der Waals surface area contributed by atoms with Crippen molar-refractivity contribution in [3.63, 3.8) is 0 Å². The number of ether oxygens (including phenoxy) is 2. The summed E-state index contributed by atoms with van der Waals surface area (Å²) >= 11 is 6.88. The Labute approximate surface area is 276 Å². The number of methoxy groups -OCH3 is 1. The highest BCUT2D eigenvalue weighted by Crippen LogP contribution is 2.37. The van der Waals surface area contributed by atoms with Crippen LogP contribution in [0.25, 0.3) is 5.65 Å². The number of nitriles is 2. The number of piperidine rings is 1. The van der Waals surface area contributed by atoms with E-state index in [-0.39, 0.29) is 66.6 Å². The molecule has 7 N–H and O–H groups in total. The quantitative estimate of drug-likeness (QED) is 0.193. The van der Waals surface area contributed by atoms with E-state index in [4.69, 9.17) is 32.5 Å². The Kier molecular flexibility index (Phi) is 13.7. The maximum absolute atomic E-state index is 12.7. The number of imidazole rings is 1. The minimum atomic E-state index is -0.929. The number of nitrogens with one attached hydrogen (secondary N) is 3. The van der Waals surface area contributed by atoms with Crippen LogP contribution in [-0.2, 0) is 14.3 Å². The number of benzene rings is 1. The monoisotopic (exact) mass is 682 g/mol. The van der Waals surface area contributed by atoms with Gasteiger partial charge in [-0.2, -0.15) is 20.0 Å². The number of rotatable bonds is 10. The minimum absolute atomic E-state index is 0. The van der Waals surface area contributed by atoms with Gasteiger partial charge in [-0.05, 0) is 38.4 Å². The molecule has 1 saturated heterocycles. The summed E-state index contributed by atoms with van der Waals surface area (Å²) in [7, 11) is 1.24. The molecule has 0 spiro atoms. The largest absolute Gasteiger partial charge is 0.457 e. The van der Waals surface area contributed by atoms with E-state index in [2.05, 4.69) is 37.1 Å². The van der Waals surface area contributed by atoms with Gasteiger partial charge in [0.1, 0.15) is 18.2 Å². The second-order valence-electron chi connectivity index (χ2n) is 9.54. The summed E-state index contributed by atoms with van der Waals surface area (Å²) in [4.78, 5) is 35.2. The van der Waals surface area contributed by atoms with Crippen LogP contribution in [0.2, 0.25) is 5.02 Å². The molecule has 4 rings (SSSR count). The minimum Gasteiger partial charge on any atom is -0.457 e. The Morgan fingerprint density at radius 2 is 2.02 bits per heavy atom. The zero-order valence-corrected chi connectivity index (χ0v) is 26.7. The Morgan fingerprint density at radius 1 is 1.27 bits per heavy atom. The maximum atomic E-state index is 12.7. The third kappa shape index (κ3) is 8.44. The highest BCUT2D eigenvalue weighted by atomic mass is 35.5. The van der Waals surface area contributed by atoms with E-state index in [0.29, 0.717) is 42.4 Å². The van der Waals surface area contributed by atoms with Gasteiger partial charge in [0, 0.05) is 13.1 Å². The van der Waals surface area contributed by atoms with Crippen LogP contribution in [0.4, 0.5) is 27.9 Å². The smallest absolute Gasteiger partial charge is 0.407 e. The van der Waals surface area contributed by atoms with Crippen molar-refractivity contribution in [3.05, 3.63) is 34.6 Å². The lowest BCUT2D eigenvalue weighted by Crippen LogP contribution is -2.56. The molecule has 1 amide bonds. The molecule has 3 unspecified atom stereocenters. The number of nitrogens with two attached hydrogens (primary N) is 2. The van der Waals surface area contributed by atoms with Gasteiger partial charge in [-0.1, -0.05) is 11.6 Å². The molecule has 3 atom stereocenters. The second-order valence-corrected chi connectivity index (χ2v) is 9.91. The predicted molar refractivity (Wildman–Crippen MR) is 171 cm³/mol. The van der Waals surface area contributed by atoms with E-state index >= 15 is 0 Å². The number of carbonyl (C=O) groups excluding carboxylic acids is 2. The van der Waals surface area contributed by atoms with Crippen LogP contribution in [0.3, 0.4) is 0 Å². The van der Waals surface area contributed by atoms with Crippen LogP contribution in [0.15, 0.2) is 18.3 Å². The van der Waals surface area contributed by atoms with E-state index in [1.807, 2.05) is 17.9 Å². The number of nitrogens with zero attached hydrogens (tertiary/aromatic N) is 7. The van der Waals surface area contributed by atoms with Crippen molar-refractivity contribution in [2.75, 3.05) is 48.8 Å². The summed E-state index contributed by atoms with van der Waals surface area (Å²) in [5.74, 6) is -0.164. The van der Waals surface area contributed by atoms with E-state index < -0.39 is 30.3 Å². The number of aromatic nitrogens is 4. The highest BCUT2D eigenvalue weighted by Gasteiger charge is 2.35. The Balaban J connectivity index is 0.00000353. The van der Waals surface area contributed by atoms with Gasteiger partial charge >= 0.3 is 12.1 Å². The van der Waals surface area contributed by atoms with Gasteiger partial charge in [0.15, 0.2) is 17.2 Å². The fourth-order valence-electron chi connectivity index (χ4n) is 4.58. The SMILES string of the molecule is CCNc1nc(Nc2cc(C#N)cc(N3CCC(NC(=O)OC)C(OC(=O)C(N)CCN)C3)c2Cl)nn2c(C#N)cnc12.Cl.Cl. The number of fused-ring (bicyclic) bond motifs is 1. The van der Waals surface area contributed by atoms with Crippen molar-refractivity contribution in [2.45, 2.75) is 38.0 Å². The molecule has 1 aliphatic rings. The molecule has 1 aliphatic heterocycles. The standard InChI is InChI=1S/C26H31ClN12O4.2ClH/c1-3-32-22-23-33-12-15(11-30)39(23)37-25(36-22)34-18-8-14(10-29)9-19(21(18)27)38-7-5-17(35-26(41)42-2)20(13-38)43-24(40)16(31)4-6-28;;/h8-9,12,16-17,20H,3-7,13,28,31H2,1-2H3,(H,35,41)(H2,32,34,36,37);2*1H. The molecule has 1 aromatic carbocycles. The van der Waals surface area contributed by atoms with Gasteiger partial charge in [-0.25, -0.2) is 9.78 Å². The van der Waals surface area contributed by atoms with Gasteiger partial charge in [-0.15, -0.1) is 29.9 Å². The zero-order chi connectivity index (χ0) is 31.1. The molecule has 0 bridgehead atoms. The first kappa shape index (κ1) is 36.9. The topological polar surface area (TPSA) is 235 Å². The molecule has 19 heteroatoms. The van der Waals surface area contributed by atoms with E-state index in [1.165, 1.54) is 17.8 Å². The first-order chi connectivity index (χ1) is 20.7. The molecule has 0 radical (unpaired) electrons. The van der Waals surface area contributed by atoms with Crippen molar-refractivity contribution < 1.29 is 19.1 Å². The summed E-state index contributed by atoms with van der Waals surface area (Å²) < 4.78 is 11.8. The molecule has 3 aromatic rings. The van der Waals surface area contributed by atoms with Crippen LogP contribution in [0.5, 0.6) is 0 Å².